The molecule has 30 heavy (non-hydrogen) atoms. The van der Waals surface area contributed by atoms with Gasteiger partial charge in [-0.25, -0.2) is 9.97 Å². The number of hydrogen-bond acceptors (Lipinski definition) is 7. The van der Waals surface area contributed by atoms with Gasteiger partial charge in [0.1, 0.15) is 0 Å². The standard InChI is InChI=1S/C22H21N7O/c1-23-9-3-7-17-19-15(5-2-6-16(19)28-29-17)27-20-14-8-12-24-13-18(14)30-21(20)22-25-10-4-11-26-22/h2,4-6,8,10-13,23,27H,3,7,9H2,1H3,(H,28,29). The van der Waals surface area contributed by atoms with E-state index < -0.39 is 0 Å². The Morgan fingerprint density at radius 1 is 1.07 bits per heavy atom. The summed E-state index contributed by atoms with van der Waals surface area (Å²) in [6.07, 6.45) is 8.78. The van der Waals surface area contributed by atoms with Crippen molar-refractivity contribution >= 4 is 33.2 Å². The van der Waals surface area contributed by atoms with E-state index in [1.54, 1.807) is 30.9 Å². The zero-order valence-electron chi connectivity index (χ0n) is 16.5. The Balaban J connectivity index is 1.63. The largest absolute Gasteiger partial charge is 0.449 e. The van der Waals surface area contributed by atoms with Gasteiger partial charge in [0.05, 0.1) is 17.4 Å². The molecular formula is C22H21N7O. The number of pyridine rings is 1. The predicted molar refractivity (Wildman–Crippen MR) is 117 cm³/mol. The molecule has 0 aliphatic rings. The van der Waals surface area contributed by atoms with Crippen LogP contribution in [0.4, 0.5) is 11.4 Å². The molecule has 0 fully saturated rings. The second-order valence-electron chi connectivity index (χ2n) is 6.98. The molecule has 8 nitrogen and oxygen atoms in total. The Morgan fingerprint density at radius 3 is 2.83 bits per heavy atom. The summed E-state index contributed by atoms with van der Waals surface area (Å²) in [5.74, 6) is 1.10. The van der Waals surface area contributed by atoms with E-state index >= 15 is 0 Å². The van der Waals surface area contributed by atoms with Crippen molar-refractivity contribution in [1.29, 1.82) is 0 Å². The molecule has 150 valence electrons. The third-order valence-electron chi connectivity index (χ3n) is 5.03. The molecule has 0 unspecified atom stereocenters. The van der Waals surface area contributed by atoms with Gasteiger partial charge in [0.2, 0.25) is 0 Å². The lowest BCUT2D eigenvalue weighted by Crippen LogP contribution is -2.08. The minimum absolute atomic E-state index is 0.518. The van der Waals surface area contributed by atoms with Crippen LogP contribution in [-0.2, 0) is 6.42 Å². The molecule has 0 radical (unpaired) electrons. The fourth-order valence-electron chi connectivity index (χ4n) is 3.64. The summed E-state index contributed by atoms with van der Waals surface area (Å²) in [5, 5.41) is 16.5. The van der Waals surface area contributed by atoms with Gasteiger partial charge in [-0.2, -0.15) is 5.10 Å². The third kappa shape index (κ3) is 3.27. The van der Waals surface area contributed by atoms with Crippen LogP contribution in [0.15, 0.2) is 59.5 Å². The fourth-order valence-corrected chi connectivity index (χ4v) is 3.64. The first kappa shape index (κ1) is 18.3. The molecular weight excluding hydrogens is 378 g/mol. The highest BCUT2D eigenvalue weighted by Gasteiger charge is 2.20. The van der Waals surface area contributed by atoms with Crippen molar-refractivity contribution in [3.63, 3.8) is 0 Å². The van der Waals surface area contributed by atoms with Crippen molar-refractivity contribution in [2.75, 3.05) is 18.9 Å². The van der Waals surface area contributed by atoms with Crippen molar-refractivity contribution < 1.29 is 4.42 Å². The van der Waals surface area contributed by atoms with E-state index in [0.29, 0.717) is 17.2 Å². The average Bonchev–Trinajstić information content (AvgIpc) is 3.37. The highest BCUT2D eigenvalue weighted by molar-refractivity contribution is 6.03. The van der Waals surface area contributed by atoms with E-state index in [0.717, 1.165) is 52.7 Å². The van der Waals surface area contributed by atoms with Crippen LogP contribution in [0.1, 0.15) is 12.1 Å². The maximum Gasteiger partial charge on any atom is 0.197 e. The van der Waals surface area contributed by atoms with Crippen LogP contribution in [-0.4, -0.2) is 38.7 Å². The number of nitrogens with zero attached hydrogens (tertiary/aromatic N) is 4. The molecule has 0 aliphatic carbocycles. The lowest BCUT2D eigenvalue weighted by Gasteiger charge is -2.09. The van der Waals surface area contributed by atoms with Crippen molar-refractivity contribution in [2.45, 2.75) is 12.8 Å². The van der Waals surface area contributed by atoms with Crippen LogP contribution >= 0.6 is 0 Å². The summed E-state index contributed by atoms with van der Waals surface area (Å²) >= 11 is 0. The van der Waals surface area contributed by atoms with Gasteiger partial charge in [-0.05, 0) is 50.7 Å². The maximum absolute atomic E-state index is 6.08. The summed E-state index contributed by atoms with van der Waals surface area (Å²) in [7, 11) is 1.96. The number of H-pyrrole nitrogens is 1. The third-order valence-corrected chi connectivity index (χ3v) is 5.03. The van der Waals surface area contributed by atoms with Crippen molar-refractivity contribution in [1.82, 2.24) is 30.5 Å². The van der Waals surface area contributed by atoms with Gasteiger partial charge in [-0.3, -0.25) is 10.1 Å². The van der Waals surface area contributed by atoms with Gasteiger partial charge in [0.25, 0.3) is 0 Å². The topological polar surface area (TPSA) is 105 Å². The Bertz CT molecular complexity index is 1290. The smallest absolute Gasteiger partial charge is 0.197 e. The number of hydrogen-bond donors (Lipinski definition) is 3. The molecule has 0 aliphatic heterocycles. The quantitative estimate of drug-likeness (QED) is 0.355. The van der Waals surface area contributed by atoms with Gasteiger partial charge in [-0.1, -0.05) is 6.07 Å². The summed E-state index contributed by atoms with van der Waals surface area (Å²) in [5.41, 5.74) is 4.48. The highest BCUT2D eigenvalue weighted by atomic mass is 16.3. The number of furan rings is 1. The lowest BCUT2D eigenvalue weighted by atomic mass is 10.1. The molecule has 3 N–H and O–H groups in total. The highest BCUT2D eigenvalue weighted by Crippen LogP contribution is 2.39. The second kappa shape index (κ2) is 7.92. The summed E-state index contributed by atoms with van der Waals surface area (Å²) < 4.78 is 6.08. The van der Waals surface area contributed by atoms with Crippen molar-refractivity contribution in [2.24, 2.45) is 0 Å². The summed E-state index contributed by atoms with van der Waals surface area (Å²) in [6.45, 7) is 0.949. The minimum atomic E-state index is 0.518. The monoisotopic (exact) mass is 399 g/mol. The van der Waals surface area contributed by atoms with E-state index in [-0.39, 0.29) is 0 Å². The zero-order valence-corrected chi connectivity index (χ0v) is 16.5. The molecule has 4 aromatic heterocycles. The number of aromatic amines is 1. The first-order chi connectivity index (χ1) is 14.8. The van der Waals surface area contributed by atoms with Crippen molar-refractivity contribution in [3.05, 3.63) is 60.8 Å². The Morgan fingerprint density at radius 2 is 1.97 bits per heavy atom. The number of aryl methyl sites for hydroxylation is 1. The number of nitrogens with one attached hydrogen (secondary N) is 3. The molecule has 0 atom stereocenters. The molecule has 0 bridgehead atoms. The molecule has 0 spiro atoms. The molecule has 0 saturated heterocycles. The van der Waals surface area contributed by atoms with Crippen LogP contribution in [0, 0.1) is 0 Å². The van der Waals surface area contributed by atoms with Gasteiger partial charge >= 0.3 is 0 Å². The van der Waals surface area contributed by atoms with Gasteiger partial charge in [0.15, 0.2) is 17.2 Å². The number of anilines is 2. The van der Waals surface area contributed by atoms with Crippen LogP contribution < -0.4 is 10.6 Å². The summed E-state index contributed by atoms with van der Waals surface area (Å²) in [4.78, 5) is 12.9. The molecule has 5 aromatic rings. The normalized spacial score (nSPS) is 11.4. The Hall–Kier alpha value is -3.78. The minimum Gasteiger partial charge on any atom is -0.449 e. The molecule has 4 heterocycles. The molecule has 8 heteroatoms. The first-order valence-corrected chi connectivity index (χ1v) is 9.86. The predicted octanol–water partition coefficient (Wildman–Crippen LogP) is 4.06. The van der Waals surface area contributed by atoms with E-state index in [1.165, 1.54) is 0 Å². The van der Waals surface area contributed by atoms with E-state index in [2.05, 4.69) is 41.8 Å². The van der Waals surface area contributed by atoms with E-state index in [9.17, 15) is 0 Å². The SMILES string of the molecule is CNCCCc1[nH]nc2cccc(Nc3c(-c4ncccn4)oc4cnccc34)c12. The zero-order chi connectivity index (χ0) is 20.3. The fraction of sp³-hybridized carbons (Fsp3) is 0.182. The van der Waals surface area contributed by atoms with Gasteiger partial charge < -0.3 is 15.1 Å². The number of aromatic nitrogens is 5. The maximum atomic E-state index is 6.08. The Kier molecular flexibility index (Phi) is 4.82. The molecule has 0 amide bonds. The molecule has 5 rings (SSSR count). The lowest BCUT2D eigenvalue weighted by molar-refractivity contribution is 0.624. The first-order valence-electron chi connectivity index (χ1n) is 9.86. The van der Waals surface area contributed by atoms with Crippen LogP contribution in [0.25, 0.3) is 33.5 Å². The molecule has 0 saturated carbocycles. The van der Waals surface area contributed by atoms with Gasteiger partial charge in [-0.15, -0.1) is 0 Å². The van der Waals surface area contributed by atoms with Crippen LogP contribution in [0.5, 0.6) is 0 Å². The average molecular weight is 399 g/mol. The van der Waals surface area contributed by atoms with Gasteiger partial charge in [0, 0.05) is 40.7 Å². The molecule has 1 aromatic carbocycles. The number of fused-ring (bicyclic) bond motifs is 2. The van der Waals surface area contributed by atoms with Crippen molar-refractivity contribution in [3.8, 4) is 11.6 Å². The number of benzene rings is 1. The Labute approximate surface area is 172 Å². The summed E-state index contributed by atoms with van der Waals surface area (Å²) in [6, 6.07) is 9.76. The van der Waals surface area contributed by atoms with Crippen LogP contribution in [0.3, 0.4) is 0 Å². The van der Waals surface area contributed by atoms with E-state index in [1.807, 2.05) is 25.2 Å². The van der Waals surface area contributed by atoms with Crippen LogP contribution in [0.2, 0.25) is 0 Å². The second-order valence-corrected chi connectivity index (χ2v) is 6.98. The number of rotatable bonds is 7. The van der Waals surface area contributed by atoms with E-state index in [4.69, 9.17) is 4.42 Å².